The Hall–Kier alpha value is 0.01000. The smallest absolute Gasteiger partial charge is 0.200 e. The number of fused-ring (bicyclic) bond motifs is 1. The van der Waals surface area contributed by atoms with Gasteiger partial charge in [0.05, 0.1) is 16.3 Å². The van der Waals surface area contributed by atoms with E-state index in [1.54, 1.807) is 0 Å². The topological polar surface area (TPSA) is 35.2 Å². The predicted molar refractivity (Wildman–Crippen MR) is 101 cm³/mol. The van der Waals surface area contributed by atoms with E-state index in [0.717, 1.165) is 18.4 Å². The Morgan fingerprint density at radius 3 is 2.38 bits per heavy atom. The van der Waals surface area contributed by atoms with Gasteiger partial charge in [-0.05, 0) is 32.1 Å². The maximum atomic E-state index is 13.9. The van der Waals surface area contributed by atoms with Crippen LogP contribution in [-0.2, 0) is 14.5 Å². The van der Waals surface area contributed by atoms with Crippen LogP contribution in [0.5, 0.6) is 0 Å². The van der Waals surface area contributed by atoms with Gasteiger partial charge in [-0.2, -0.15) is 0 Å². The number of hydrogen-bond acceptors (Lipinski definition) is 4. The summed E-state index contributed by atoms with van der Waals surface area (Å²) >= 11 is 0.568. The first-order valence-corrected chi connectivity index (χ1v) is 13.9. The second-order valence-electron chi connectivity index (χ2n) is 6.33. The van der Waals surface area contributed by atoms with Crippen LogP contribution in [0.1, 0.15) is 26.2 Å². The van der Waals surface area contributed by atoms with E-state index in [1.165, 1.54) is 10.8 Å². The summed E-state index contributed by atoms with van der Waals surface area (Å²) in [6.07, 6.45) is 0.165. The Morgan fingerprint density at radius 2 is 1.81 bits per heavy atom. The second-order valence-corrected chi connectivity index (χ2v) is 15.3. The van der Waals surface area contributed by atoms with Crippen LogP contribution in [0.25, 0.3) is 0 Å². The number of rotatable bonds is 3. The summed E-state index contributed by atoms with van der Waals surface area (Å²) in [5, 5.41) is 0.00495. The molecule has 2 aliphatic rings. The molecule has 26 heavy (non-hydrogen) atoms. The van der Waals surface area contributed by atoms with E-state index in [2.05, 4.69) is 6.58 Å². The van der Waals surface area contributed by atoms with Crippen LogP contribution in [0, 0.1) is 35.0 Å². The summed E-state index contributed by atoms with van der Waals surface area (Å²) < 4.78 is 73.6. The first-order valence-electron chi connectivity index (χ1n) is 7.70. The van der Waals surface area contributed by atoms with E-state index in [0.29, 0.717) is 33.7 Å². The lowest BCUT2D eigenvalue weighted by atomic mass is 9.80. The molecule has 1 aliphatic heterocycles. The van der Waals surface area contributed by atoms with E-state index in [4.69, 9.17) is 10.3 Å². The molecule has 2 nitrogen and oxygen atoms in total. The Bertz CT molecular complexity index is 779. The summed E-state index contributed by atoms with van der Waals surface area (Å²) in [5.74, 6) is -9.36. The van der Waals surface area contributed by atoms with E-state index in [9.17, 15) is 22.0 Å². The summed E-state index contributed by atoms with van der Waals surface area (Å²) in [6.45, 7) is 5.94. The monoisotopic (exact) mass is 449 g/mol. The highest BCUT2D eigenvalue weighted by Gasteiger charge is 2.45. The fraction of sp³-hybridized carbons (Fsp3) is 0.467. The highest BCUT2D eigenvalue weighted by atomic mass is 33.3. The molecule has 1 aliphatic carbocycles. The molecule has 11 heteroatoms. The van der Waals surface area contributed by atoms with Crippen LogP contribution in [0.4, 0.5) is 22.0 Å². The van der Waals surface area contributed by atoms with Gasteiger partial charge in [0.2, 0.25) is 5.82 Å². The van der Waals surface area contributed by atoms with Crippen molar-refractivity contribution in [2.24, 2.45) is 11.7 Å². The van der Waals surface area contributed by atoms with Crippen LogP contribution in [-0.4, -0.2) is 11.0 Å². The molecule has 1 saturated carbocycles. The van der Waals surface area contributed by atoms with Crippen molar-refractivity contribution in [3.8, 4) is 0 Å². The summed E-state index contributed by atoms with van der Waals surface area (Å²) in [5.41, 5.74) is 6.50. The molecule has 1 unspecified atom stereocenters. The van der Waals surface area contributed by atoms with Crippen LogP contribution in [0.3, 0.4) is 0 Å². The molecule has 0 amide bonds. The SMILES string of the molecule is C=C(C)[C@@H]1CC[C@]2(N)O[PH](Sc3c(F)c(F)c(F)c(F)c3F)=[SH]S[C@H]2C1. The quantitative estimate of drug-likeness (QED) is 0.124. The van der Waals surface area contributed by atoms with E-state index in [-0.39, 0.29) is 5.25 Å². The third-order valence-electron chi connectivity index (χ3n) is 4.51. The molecule has 4 atom stereocenters. The van der Waals surface area contributed by atoms with Gasteiger partial charge in [0.15, 0.2) is 23.3 Å². The van der Waals surface area contributed by atoms with Crippen LogP contribution >= 0.6 is 28.3 Å². The summed E-state index contributed by atoms with van der Waals surface area (Å²) in [4.78, 5) is -0.902. The Labute approximate surface area is 159 Å². The van der Waals surface area contributed by atoms with Crippen LogP contribution < -0.4 is 5.73 Å². The lowest BCUT2D eigenvalue weighted by molar-refractivity contribution is 0.0505. The first kappa shape index (κ1) is 20.7. The maximum Gasteiger partial charge on any atom is 0.200 e. The molecule has 1 aromatic carbocycles. The van der Waals surface area contributed by atoms with E-state index in [1.807, 2.05) is 6.92 Å². The van der Waals surface area contributed by atoms with Gasteiger partial charge in [0.1, 0.15) is 5.72 Å². The zero-order valence-electron chi connectivity index (χ0n) is 13.6. The Morgan fingerprint density at radius 1 is 1.23 bits per heavy atom. The molecule has 146 valence electrons. The fourth-order valence-electron chi connectivity index (χ4n) is 2.92. The number of nitrogens with two attached hydrogens (primary N) is 1. The number of allylic oxidation sites excluding steroid dienone is 1. The minimum atomic E-state index is -2.16. The molecular weight excluding hydrogens is 432 g/mol. The summed E-state index contributed by atoms with van der Waals surface area (Å²) in [7, 11) is 2.23. The van der Waals surface area contributed by atoms with Gasteiger partial charge in [-0.25, -0.2) is 22.0 Å². The zero-order valence-corrected chi connectivity index (χ0v) is 17.1. The van der Waals surface area contributed by atoms with Gasteiger partial charge in [-0.3, -0.25) is 0 Å². The normalized spacial score (nSPS) is 31.6. The average molecular weight is 449 g/mol. The molecule has 0 spiro atoms. The van der Waals surface area contributed by atoms with Crippen molar-refractivity contribution < 1.29 is 26.5 Å². The van der Waals surface area contributed by atoms with E-state index >= 15 is 0 Å². The molecule has 3 rings (SSSR count). The fourth-order valence-corrected chi connectivity index (χ4v) is 14.5. The second kappa shape index (κ2) is 7.79. The maximum absolute atomic E-state index is 13.9. The standard InChI is InChI=1S/C15H17F5NOPS3/c1-6(2)7-3-4-15(21)8(5-7)25-26-23(22-15)24-14-12(19)10(17)9(16)11(18)13(14)20/h7-8,23,26H,1,3-5,21H2,2H3/t7-,8+,15+/m1/s1. The number of thiol groups is 1. The van der Waals surface area contributed by atoms with Gasteiger partial charge in [-0.1, -0.05) is 34.3 Å². The molecule has 1 heterocycles. The van der Waals surface area contributed by atoms with Crippen molar-refractivity contribution in [3.05, 3.63) is 41.2 Å². The van der Waals surface area contributed by atoms with Gasteiger partial charge in [0, 0.05) is 0 Å². The summed E-state index contributed by atoms with van der Waals surface area (Å²) in [6, 6.07) is 0. The molecular formula is C15H17F5NOPS3. The predicted octanol–water partition coefficient (Wildman–Crippen LogP) is 5.33. The van der Waals surface area contributed by atoms with Gasteiger partial charge in [-0.15, -0.1) is 9.97 Å². The van der Waals surface area contributed by atoms with E-state index < -0.39 is 45.8 Å². The minimum absolute atomic E-state index is 0.00495. The number of halogens is 5. The molecule has 1 fully saturated rings. The minimum Gasteiger partial charge on any atom is -0.325 e. The van der Waals surface area contributed by atoms with Crippen LogP contribution in [0.15, 0.2) is 17.0 Å². The molecule has 2 N–H and O–H groups in total. The lowest BCUT2D eigenvalue weighted by Crippen LogP contribution is -2.54. The van der Waals surface area contributed by atoms with Gasteiger partial charge < -0.3 is 10.3 Å². The molecule has 0 aromatic heterocycles. The van der Waals surface area contributed by atoms with Crippen molar-refractivity contribution in [1.29, 1.82) is 0 Å². The largest absolute Gasteiger partial charge is 0.325 e. The van der Waals surface area contributed by atoms with Crippen molar-refractivity contribution in [1.82, 2.24) is 0 Å². The Kier molecular flexibility index (Phi) is 6.22. The average Bonchev–Trinajstić information content (AvgIpc) is 2.60. The van der Waals surface area contributed by atoms with Gasteiger partial charge >= 0.3 is 0 Å². The first-order chi connectivity index (χ1) is 12.1. The van der Waals surface area contributed by atoms with Crippen molar-refractivity contribution in [3.63, 3.8) is 0 Å². The van der Waals surface area contributed by atoms with Gasteiger partial charge in [0.25, 0.3) is 0 Å². The third-order valence-corrected chi connectivity index (χ3v) is 15.2. The third kappa shape index (κ3) is 3.78. The Balaban J connectivity index is 1.85. The highest BCUT2D eigenvalue weighted by molar-refractivity contribution is 8.86. The molecule has 0 bridgehead atoms. The van der Waals surface area contributed by atoms with Crippen LogP contribution in [0.2, 0.25) is 0 Å². The zero-order chi connectivity index (χ0) is 19.2. The van der Waals surface area contributed by atoms with Crippen molar-refractivity contribution >= 4 is 38.3 Å². The molecule has 0 radical (unpaired) electrons. The molecule has 1 aromatic rings. The number of benzene rings is 1. The lowest BCUT2D eigenvalue weighted by Gasteiger charge is -2.45. The number of hydrogen-bond donors (Lipinski definition) is 2. The molecule has 0 saturated heterocycles. The highest BCUT2D eigenvalue weighted by Crippen LogP contribution is 2.59. The van der Waals surface area contributed by atoms with Crippen molar-refractivity contribution in [2.45, 2.75) is 42.1 Å². The van der Waals surface area contributed by atoms with Crippen molar-refractivity contribution in [2.75, 3.05) is 0 Å².